The van der Waals surface area contributed by atoms with Gasteiger partial charge in [0.1, 0.15) is 0 Å². The van der Waals surface area contributed by atoms with E-state index in [1.54, 1.807) is 0 Å². The number of hydrogen-bond acceptors (Lipinski definition) is 2. The van der Waals surface area contributed by atoms with Crippen molar-refractivity contribution in [3.63, 3.8) is 0 Å². The summed E-state index contributed by atoms with van der Waals surface area (Å²) in [6.07, 6.45) is 8.36. The van der Waals surface area contributed by atoms with Crippen LogP contribution in [0.15, 0.2) is 24.3 Å². The van der Waals surface area contributed by atoms with Crippen molar-refractivity contribution in [3.05, 3.63) is 29.8 Å². The first kappa shape index (κ1) is 16.0. The maximum atomic E-state index is 12.4. The van der Waals surface area contributed by atoms with E-state index in [2.05, 4.69) is 29.7 Å². The summed E-state index contributed by atoms with van der Waals surface area (Å²) in [6.45, 7) is 2.13. The summed E-state index contributed by atoms with van der Waals surface area (Å²) >= 11 is 0. The van der Waals surface area contributed by atoms with Crippen molar-refractivity contribution in [1.29, 1.82) is 0 Å². The van der Waals surface area contributed by atoms with Crippen LogP contribution in [0.5, 0.6) is 0 Å². The zero-order valence-corrected chi connectivity index (χ0v) is 13.3. The van der Waals surface area contributed by atoms with E-state index in [1.807, 2.05) is 19.2 Å². The molecule has 1 unspecified atom stereocenters. The first-order chi connectivity index (χ1) is 10.2. The van der Waals surface area contributed by atoms with Crippen LogP contribution in [0.1, 0.15) is 63.5 Å². The molecule has 1 aromatic carbocycles. The van der Waals surface area contributed by atoms with Crippen LogP contribution in [-0.4, -0.2) is 13.0 Å². The number of hydrogen-bond donors (Lipinski definition) is 2. The highest BCUT2D eigenvalue weighted by Gasteiger charge is 2.19. The molecule has 1 aliphatic carbocycles. The molecule has 1 amide bonds. The third kappa shape index (κ3) is 4.85. The number of benzene rings is 1. The van der Waals surface area contributed by atoms with Gasteiger partial charge in [-0.05, 0) is 44.5 Å². The molecule has 1 saturated carbocycles. The van der Waals surface area contributed by atoms with E-state index < -0.39 is 0 Å². The number of amides is 1. The molecular formula is C18H28N2O. The van der Waals surface area contributed by atoms with Gasteiger partial charge < -0.3 is 10.6 Å². The molecule has 1 aromatic rings. The van der Waals surface area contributed by atoms with Crippen LogP contribution in [0.4, 0.5) is 5.69 Å². The molecule has 0 heterocycles. The first-order valence-electron chi connectivity index (χ1n) is 8.29. The Labute approximate surface area is 128 Å². The van der Waals surface area contributed by atoms with Crippen LogP contribution in [0.25, 0.3) is 0 Å². The van der Waals surface area contributed by atoms with Crippen molar-refractivity contribution in [2.24, 2.45) is 5.92 Å². The number of rotatable bonds is 4. The van der Waals surface area contributed by atoms with E-state index in [9.17, 15) is 4.79 Å². The summed E-state index contributed by atoms with van der Waals surface area (Å²) < 4.78 is 0. The van der Waals surface area contributed by atoms with Gasteiger partial charge >= 0.3 is 0 Å². The molecule has 0 radical (unpaired) electrons. The Morgan fingerprint density at radius 2 is 1.62 bits per heavy atom. The normalized spacial score (nSPS) is 18.6. The molecule has 3 nitrogen and oxygen atoms in total. The topological polar surface area (TPSA) is 41.1 Å². The molecular weight excluding hydrogens is 260 g/mol. The van der Waals surface area contributed by atoms with E-state index in [0.29, 0.717) is 6.04 Å². The number of carbonyl (C=O) groups is 1. The number of anilines is 1. The van der Waals surface area contributed by atoms with E-state index in [1.165, 1.54) is 37.7 Å². The third-order valence-electron chi connectivity index (χ3n) is 4.59. The maximum Gasteiger partial charge on any atom is 0.227 e. The largest absolute Gasteiger partial charge is 0.326 e. The Balaban J connectivity index is 1.92. The van der Waals surface area contributed by atoms with Crippen molar-refractivity contribution >= 4 is 11.6 Å². The van der Waals surface area contributed by atoms with Gasteiger partial charge in [0.25, 0.3) is 0 Å². The monoisotopic (exact) mass is 288 g/mol. The van der Waals surface area contributed by atoms with Crippen molar-refractivity contribution in [2.45, 2.75) is 57.9 Å². The standard InChI is InChI=1S/C18H28N2O/c1-14(19-2)15-10-12-17(13-11-15)20-18(21)16-8-6-4-3-5-7-9-16/h10-14,16,19H,3-9H2,1-2H3,(H,20,21). The van der Waals surface area contributed by atoms with Gasteiger partial charge in [0.2, 0.25) is 5.91 Å². The predicted molar refractivity (Wildman–Crippen MR) is 88.4 cm³/mol. The molecule has 0 saturated heterocycles. The Morgan fingerprint density at radius 3 is 2.19 bits per heavy atom. The summed E-state index contributed by atoms with van der Waals surface area (Å²) in [5.74, 6) is 0.396. The summed E-state index contributed by atoms with van der Waals surface area (Å²) in [7, 11) is 1.95. The average Bonchev–Trinajstić information content (AvgIpc) is 2.46. The van der Waals surface area contributed by atoms with Gasteiger partial charge in [-0.1, -0.05) is 44.2 Å². The van der Waals surface area contributed by atoms with E-state index in [0.717, 1.165) is 18.5 Å². The smallest absolute Gasteiger partial charge is 0.227 e. The number of nitrogens with one attached hydrogen (secondary N) is 2. The Kier molecular flexibility index (Phi) is 6.24. The van der Waals surface area contributed by atoms with Gasteiger partial charge in [-0.15, -0.1) is 0 Å². The lowest BCUT2D eigenvalue weighted by molar-refractivity contribution is -0.120. The van der Waals surface area contributed by atoms with Gasteiger partial charge in [0.15, 0.2) is 0 Å². The highest BCUT2D eigenvalue weighted by atomic mass is 16.1. The molecule has 21 heavy (non-hydrogen) atoms. The fourth-order valence-corrected chi connectivity index (χ4v) is 2.98. The van der Waals surface area contributed by atoms with E-state index in [4.69, 9.17) is 0 Å². The van der Waals surface area contributed by atoms with Crippen LogP contribution in [0.3, 0.4) is 0 Å². The predicted octanol–water partition coefficient (Wildman–Crippen LogP) is 4.27. The van der Waals surface area contributed by atoms with Gasteiger partial charge in [0, 0.05) is 17.6 Å². The lowest BCUT2D eigenvalue weighted by Crippen LogP contribution is -2.23. The van der Waals surface area contributed by atoms with Gasteiger partial charge in [0.05, 0.1) is 0 Å². The Bertz CT molecular complexity index is 433. The SMILES string of the molecule is CNC(C)c1ccc(NC(=O)C2CCCCCCC2)cc1. The van der Waals surface area contributed by atoms with Gasteiger partial charge in [-0.25, -0.2) is 0 Å². The molecule has 116 valence electrons. The molecule has 3 heteroatoms. The zero-order valence-electron chi connectivity index (χ0n) is 13.3. The van der Waals surface area contributed by atoms with E-state index >= 15 is 0 Å². The third-order valence-corrected chi connectivity index (χ3v) is 4.59. The molecule has 1 aliphatic rings. The highest BCUT2D eigenvalue weighted by molar-refractivity contribution is 5.92. The number of carbonyl (C=O) groups excluding carboxylic acids is 1. The minimum Gasteiger partial charge on any atom is -0.326 e. The Hall–Kier alpha value is -1.35. The molecule has 0 spiro atoms. The minimum absolute atomic E-state index is 0.196. The molecule has 0 aromatic heterocycles. The van der Waals surface area contributed by atoms with Crippen LogP contribution in [-0.2, 0) is 4.79 Å². The van der Waals surface area contributed by atoms with E-state index in [-0.39, 0.29) is 11.8 Å². The zero-order chi connectivity index (χ0) is 15.1. The van der Waals surface area contributed by atoms with Gasteiger partial charge in [-0.2, -0.15) is 0 Å². The van der Waals surface area contributed by atoms with Gasteiger partial charge in [-0.3, -0.25) is 4.79 Å². The van der Waals surface area contributed by atoms with Crippen LogP contribution >= 0.6 is 0 Å². The molecule has 0 bridgehead atoms. The Morgan fingerprint density at radius 1 is 1.05 bits per heavy atom. The van der Waals surface area contributed by atoms with Crippen molar-refractivity contribution in [1.82, 2.24) is 5.32 Å². The fourth-order valence-electron chi connectivity index (χ4n) is 2.98. The summed E-state index contributed by atoms with van der Waals surface area (Å²) in [5.41, 5.74) is 2.15. The first-order valence-corrected chi connectivity index (χ1v) is 8.29. The van der Waals surface area contributed by atoms with Crippen molar-refractivity contribution in [3.8, 4) is 0 Å². The maximum absolute atomic E-state index is 12.4. The lowest BCUT2D eigenvalue weighted by atomic mass is 9.90. The second-order valence-corrected chi connectivity index (χ2v) is 6.16. The molecule has 1 fully saturated rings. The second-order valence-electron chi connectivity index (χ2n) is 6.16. The van der Waals surface area contributed by atoms with Crippen molar-refractivity contribution in [2.75, 3.05) is 12.4 Å². The van der Waals surface area contributed by atoms with Crippen LogP contribution in [0, 0.1) is 5.92 Å². The van der Waals surface area contributed by atoms with Crippen LogP contribution < -0.4 is 10.6 Å². The minimum atomic E-state index is 0.196. The lowest BCUT2D eigenvalue weighted by Gasteiger charge is -2.19. The summed E-state index contributed by atoms with van der Waals surface area (Å²) in [6, 6.07) is 8.50. The highest BCUT2D eigenvalue weighted by Crippen LogP contribution is 2.24. The summed E-state index contributed by atoms with van der Waals surface area (Å²) in [4.78, 5) is 12.4. The quantitative estimate of drug-likeness (QED) is 0.869. The molecule has 1 atom stereocenters. The average molecular weight is 288 g/mol. The molecule has 2 rings (SSSR count). The molecule has 2 N–H and O–H groups in total. The van der Waals surface area contributed by atoms with Crippen LogP contribution in [0.2, 0.25) is 0 Å². The second kappa shape index (κ2) is 8.18. The van der Waals surface area contributed by atoms with Crippen molar-refractivity contribution < 1.29 is 4.79 Å². The summed E-state index contributed by atoms with van der Waals surface area (Å²) in [5, 5.41) is 6.30. The fraction of sp³-hybridized carbons (Fsp3) is 0.611. The molecule has 0 aliphatic heterocycles.